The van der Waals surface area contributed by atoms with Crippen LogP contribution in [0.5, 0.6) is 0 Å². The first kappa shape index (κ1) is 19.9. The highest BCUT2D eigenvalue weighted by Crippen LogP contribution is 2.32. The third-order valence-electron chi connectivity index (χ3n) is 6.53. The number of carbonyl (C=O) groups is 1. The van der Waals surface area contributed by atoms with Gasteiger partial charge in [-0.2, -0.15) is 0 Å². The van der Waals surface area contributed by atoms with Crippen molar-refractivity contribution in [3.63, 3.8) is 0 Å². The summed E-state index contributed by atoms with van der Waals surface area (Å²) in [6.45, 7) is 5.41. The fourth-order valence-electron chi connectivity index (χ4n) is 4.87. The van der Waals surface area contributed by atoms with E-state index in [1.807, 2.05) is 29.4 Å². The van der Waals surface area contributed by atoms with Gasteiger partial charge in [0.25, 0.3) is 0 Å². The maximum atomic E-state index is 11.6. The highest BCUT2D eigenvalue weighted by molar-refractivity contribution is 5.73. The lowest BCUT2D eigenvalue weighted by Crippen LogP contribution is -2.48. The lowest BCUT2D eigenvalue weighted by atomic mass is 9.91. The highest BCUT2D eigenvalue weighted by atomic mass is 16.2. The second-order valence-corrected chi connectivity index (χ2v) is 8.57. The molecule has 0 aromatic carbocycles. The van der Waals surface area contributed by atoms with Crippen LogP contribution in [0.4, 0.5) is 5.95 Å². The molecule has 3 aromatic heterocycles. The molecule has 1 aliphatic carbocycles. The second-order valence-electron chi connectivity index (χ2n) is 8.57. The Morgan fingerprint density at radius 3 is 2.81 bits per heavy atom. The number of carbonyl (C=O) groups excluding carboxylic acids is 1. The van der Waals surface area contributed by atoms with Crippen LogP contribution in [0, 0.1) is 0 Å². The van der Waals surface area contributed by atoms with Crippen molar-refractivity contribution in [3.05, 3.63) is 53.7 Å². The molecular weight excluding hydrogens is 390 g/mol. The van der Waals surface area contributed by atoms with Crippen LogP contribution in [-0.4, -0.2) is 68.3 Å². The summed E-state index contributed by atoms with van der Waals surface area (Å²) in [5.74, 6) is 1.03. The Balaban J connectivity index is 1.35. The van der Waals surface area contributed by atoms with Crippen LogP contribution in [-0.2, 0) is 17.8 Å². The summed E-state index contributed by atoms with van der Waals surface area (Å²) in [5, 5.41) is 0. The van der Waals surface area contributed by atoms with E-state index < -0.39 is 0 Å². The maximum Gasteiger partial charge on any atom is 0.219 e. The third kappa shape index (κ3) is 3.87. The van der Waals surface area contributed by atoms with Crippen molar-refractivity contribution in [2.75, 3.05) is 38.1 Å². The Bertz CT molecular complexity index is 1090. The smallest absolute Gasteiger partial charge is 0.219 e. The summed E-state index contributed by atoms with van der Waals surface area (Å²) in [5.41, 5.74) is 4.52. The van der Waals surface area contributed by atoms with Crippen molar-refractivity contribution in [1.82, 2.24) is 29.2 Å². The van der Waals surface area contributed by atoms with Gasteiger partial charge < -0.3 is 9.80 Å². The summed E-state index contributed by atoms with van der Waals surface area (Å²) >= 11 is 0. The minimum atomic E-state index is 0.137. The van der Waals surface area contributed by atoms with Crippen LogP contribution in [0.25, 0.3) is 5.65 Å². The predicted octanol–water partition coefficient (Wildman–Crippen LogP) is 2.30. The van der Waals surface area contributed by atoms with E-state index in [2.05, 4.69) is 43.5 Å². The molecule has 3 aromatic rings. The van der Waals surface area contributed by atoms with E-state index in [9.17, 15) is 4.79 Å². The van der Waals surface area contributed by atoms with E-state index in [-0.39, 0.29) is 5.91 Å². The van der Waals surface area contributed by atoms with E-state index in [1.165, 1.54) is 17.7 Å². The number of piperazine rings is 1. The van der Waals surface area contributed by atoms with Crippen molar-refractivity contribution < 1.29 is 4.79 Å². The van der Waals surface area contributed by atoms with E-state index in [1.54, 1.807) is 6.92 Å². The molecule has 0 bridgehead atoms. The van der Waals surface area contributed by atoms with Crippen LogP contribution < -0.4 is 4.90 Å². The first-order chi connectivity index (χ1) is 15.1. The van der Waals surface area contributed by atoms with Crippen molar-refractivity contribution in [2.24, 2.45) is 0 Å². The Morgan fingerprint density at radius 1 is 1.16 bits per heavy atom. The fourth-order valence-corrected chi connectivity index (χ4v) is 4.87. The Labute approximate surface area is 182 Å². The molecule has 5 rings (SSSR count). The number of imidazole rings is 1. The number of hydrogen-bond acceptors (Lipinski definition) is 6. The van der Waals surface area contributed by atoms with Crippen LogP contribution >= 0.6 is 0 Å². The molecule has 0 N–H and O–H groups in total. The number of aryl methyl sites for hydroxylation is 1. The van der Waals surface area contributed by atoms with Crippen LogP contribution in [0.1, 0.15) is 42.8 Å². The number of nitrogens with zero attached hydrogens (tertiary/aromatic N) is 7. The average molecular weight is 420 g/mol. The SMILES string of the molecule is CC(=O)N1CCN(c2nccc3nc(CN(C)C4CCCc5cccnc54)cn23)CC1. The first-order valence-corrected chi connectivity index (χ1v) is 11.1. The van der Waals surface area contributed by atoms with Crippen molar-refractivity contribution in [2.45, 2.75) is 38.8 Å². The zero-order valence-corrected chi connectivity index (χ0v) is 18.2. The molecule has 8 nitrogen and oxygen atoms in total. The van der Waals surface area contributed by atoms with Gasteiger partial charge in [-0.25, -0.2) is 9.97 Å². The predicted molar refractivity (Wildman–Crippen MR) is 119 cm³/mol. The number of pyridine rings is 1. The van der Waals surface area contributed by atoms with Crippen molar-refractivity contribution in [3.8, 4) is 0 Å². The number of hydrogen-bond donors (Lipinski definition) is 0. The van der Waals surface area contributed by atoms with E-state index in [0.717, 1.165) is 62.9 Å². The van der Waals surface area contributed by atoms with E-state index in [0.29, 0.717) is 6.04 Å². The largest absolute Gasteiger partial charge is 0.339 e. The van der Waals surface area contributed by atoms with Gasteiger partial charge in [-0.3, -0.25) is 19.1 Å². The number of aromatic nitrogens is 4. The fraction of sp³-hybridized carbons (Fsp3) is 0.478. The van der Waals surface area contributed by atoms with Gasteiger partial charge >= 0.3 is 0 Å². The molecule has 0 saturated carbocycles. The minimum absolute atomic E-state index is 0.137. The number of fused-ring (bicyclic) bond motifs is 2. The molecule has 2 aliphatic rings. The summed E-state index contributed by atoms with van der Waals surface area (Å²) < 4.78 is 2.08. The molecule has 1 fully saturated rings. The van der Waals surface area contributed by atoms with Gasteiger partial charge in [0.1, 0.15) is 5.65 Å². The van der Waals surface area contributed by atoms with Crippen molar-refractivity contribution in [1.29, 1.82) is 0 Å². The molecule has 4 heterocycles. The quantitative estimate of drug-likeness (QED) is 0.646. The number of rotatable bonds is 4. The summed E-state index contributed by atoms with van der Waals surface area (Å²) in [6.07, 6.45) is 9.27. The summed E-state index contributed by atoms with van der Waals surface area (Å²) in [6, 6.07) is 6.52. The van der Waals surface area contributed by atoms with E-state index >= 15 is 0 Å². The molecular formula is C23H29N7O. The van der Waals surface area contributed by atoms with Crippen LogP contribution in [0.3, 0.4) is 0 Å². The Morgan fingerprint density at radius 2 is 2.00 bits per heavy atom. The average Bonchev–Trinajstić information content (AvgIpc) is 3.21. The molecule has 31 heavy (non-hydrogen) atoms. The van der Waals surface area contributed by atoms with Crippen LogP contribution in [0.15, 0.2) is 36.8 Å². The zero-order chi connectivity index (χ0) is 21.4. The molecule has 1 amide bonds. The van der Waals surface area contributed by atoms with Gasteiger partial charge in [0.15, 0.2) is 0 Å². The summed E-state index contributed by atoms with van der Waals surface area (Å²) in [7, 11) is 2.17. The molecule has 1 saturated heterocycles. The molecule has 0 radical (unpaired) electrons. The van der Waals surface area contributed by atoms with Gasteiger partial charge in [0.05, 0.1) is 17.4 Å². The first-order valence-electron chi connectivity index (χ1n) is 11.1. The number of amides is 1. The summed E-state index contributed by atoms with van der Waals surface area (Å²) in [4.78, 5) is 32.3. The molecule has 1 atom stereocenters. The van der Waals surface area contributed by atoms with Gasteiger partial charge in [-0.1, -0.05) is 6.07 Å². The lowest BCUT2D eigenvalue weighted by Gasteiger charge is -2.34. The lowest BCUT2D eigenvalue weighted by molar-refractivity contribution is -0.129. The molecule has 1 unspecified atom stereocenters. The standard InChI is InChI=1S/C23H29N7O/c1-17(31)28-11-13-29(14-12-28)23-25-10-8-21-26-19(16-30(21)23)15-27(2)20-7-3-5-18-6-4-9-24-22(18)20/h4,6,8-10,16,20H,3,5,7,11-15H2,1-2H3. The number of anilines is 1. The van der Waals surface area contributed by atoms with Gasteiger partial charge in [0, 0.05) is 58.2 Å². The topological polar surface area (TPSA) is 69.9 Å². The molecule has 162 valence electrons. The van der Waals surface area contributed by atoms with Gasteiger partial charge in [-0.05, 0) is 44.0 Å². The normalized spacial score (nSPS) is 19.1. The monoisotopic (exact) mass is 419 g/mol. The third-order valence-corrected chi connectivity index (χ3v) is 6.53. The molecule has 8 heteroatoms. The Kier molecular flexibility index (Phi) is 5.31. The van der Waals surface area contributed by atoms with Gasteiger partial charge in [0.2, 0.25) is 11.9 Å². The second kappa shape index (κ2) is 8.26. The zero-order valence-electron chi connectivity index (χ0n) is 18.2. The minimum Gasteiger partial charge on any atom is -0.339 e. The maximum absolute atomic E-state index is 11.6. The Hall–Kier alpha value is -3.00. The molecule has 0 spiro atoms. The highest BCUT2D eigenvalue weighted by Gasteiger charge is 2.26. The molecule has 1 aliphatic heterocycles. The van der Waals surface area contributed by atoms with Crippen LogP contribution in [0.2, 0.25) is 0 Å². The van der Waals surface area contributed by atoms with Crippen molar-refractivity contribution >= 4 is 17.5 Å². The van der Waals surface area contributed by atoms with E-state index in [4.69, 9.17) is 4.98 Å². The van der Waals surface area contributed by atoms with Gasteiger partial charge in [-0.15, -0.1) is 0 Å².